The molecule has 0 aliphatic carbocycles. The molecule has 0 fully saturated rings. The molecule has 7 nitrogen and oxygen atoms in total. The third kappa shape index (κ3) is 2.07. The minimum absolute atomic E-state index is 0.0389. The highest BCUT2D eigenvalue weighted by Crippen LogP contribution is 2.19. The standard InChI is InChI=1S/C13H21N5O2/c1-5-7(3)18-11-9(12(19)16-13(18)20)17(6-2)10(15-11)8(4)14/h7-8H,5-6,14H2,1-4H3,(H,16,19,20). The van der Waals surface area contributed by atoms with Gasteiger partial charge in [0.2, 0.25) is 0 Å². The molecule has 0 saturated carbocycles. The van der Waals surface area contributed by atoms with E-state index in [2.05, 4.69) is 9.97 Å². The van der Waals surface area contributed by atoms with Crippen LogP contribution in [-0.4, -0.2) is 19.1 Å². The Kier molecular flexibility index (Phi) is 3.80. The van der Waals surface area contributed by atoms with Crippen LogP contribution in [0.25, 0.3) is 11.2 Å². The number of nitrogens with two attached hydrogens (primary N) is 1. The lowest BCUT2D eigenvalue weighted by Crippen LogP contribution is -2.32. The molecule has 7 heteroatoms. The highest BCUT2D eigenvalue weighted by molar-refractivity contribution is 5.71. The third-order valence-corrected chi connectivity index (χ3v) is 3.62. The summed E-state index contributed by atoms with van der Waals surface area (Å²) in [6, 6.07) is -0.342. The Hall–Kier alpha value is -1.89. The number of aromatic amines is 1. The zero-order valence-electron chi connectivity index (χ0n) is 12.3. The first-order valence-electron chi connectivity index (χ1n) is 6.92. The Morgan fingerprint density at radius 2 is 1.95 bits per heavy atom. The lowest BCUT2D eigenvalue weighted by Gasteiger charge is -2.12. The maximum Gasteiger partial charge on any atom is 0.330 e. The van der Waals surface area contributed by atoms with Gasteiger partial charge in [-0.2, -0.15) is 0 Å². The van der Waals surface area contributed by atoms with Gasteiger partial charge in [-0.3, -0.25) is 14.3 Å². The van der Waals surface area contributed by atoms with Gasteiger partial charge in [-0.25, -0.2) is 9.78 Å². The van der Waals surface area contributed by atoms with Gasteiger partial charge in [-0.05, 0) is 27.2 Å². The highest BCUT2D eigenvalue weighted by atomic mass is 16.2. The molecule has 2 atom stereocenters. The zero-order chi connectivity index (χ0) is 15.0. The maximum atomic E-state index is 12.1. The van der Waals surface area contributed by atoms with Crippen LogP contribution in [0.3, 0.4) is 0 Å². The van der Waals surface area contributed by atoms with Crippen LogP contribution in [0.4, 0.5) is 0 Å². The number of fused-ring (bicyclic) bond motifs is 1. The number of nitrogens with one attached hydrogen (secondary N) is 1. The normalized spacial score (nSPS) is 14.7. The van der Waals surface area contributed by atoms with Crippen LogP contribution in [-0.2, 0) is 6.54 Å². The van der Waals surface area contributed by atoms with Crippen LogP contribution in [0.15, 0.2) is 9.59 Å². The zero-order valence-corrected chi connectivity index (χ0v) is 12.3. The Labute approximate surface area is 116 Å². The fourth-order valence-corrected chi connectivity index (χ4v) is 2.42. The number of imidazole rings is 1. The topological polar surface area (TPSA) is 98.7 Å². The summed E-state index contributed by atoms with van der Waals surface area (Å²) in [5.41, 5.74) is 5.92. The number of nitrogens with zero attached hydrogens (tertiary/aromatic N) is 3. The lowest BCUT2D eigenvalue weighted by atomic mass is 10.2. The van der Waals surface area contributed by atoms with E-state index in [4.69, 9.17) is 5.73 Å². The predicted molar refractivity (Wildman–Crippen MR) is 77.9 cm³/mol. The van der Waals surface area contributed by atoms with Gasteiger partial charge in [-0.1, -0.05) is 6.92 Å². The van der Waals surface area contributed by atoms with E-state index in [1.165, 1.54) is 4.57 Å². The summed E-state index contributed by atoms with van der Waals surface area (Å²) in [5.74, 6) is 0.621. The van der Waals surface area contributed by atoms with E-state index in [1.807, 2.05) is 27.7 Å². The van der Waals surface area contributed by atoms with Gasteiger partial charge in [0.05, 0.1) is 6.04 Å². The molecule has 2 unspecified atom stereocenters. The largest absolute Gasteiger partial charge is 0.330 e. The molecule has 20 heavy (non-hydrogen) atoms. The molecule has 0 spiro atoms. The fourth-order valence-electron chi connectivity index (χ4n) is 2.42. The molecular formula is C13H21N5O2. The smallest absolute Gasteiger partial charge is 0.322 e. The van der Waals surface area contributed by atoms with Crippen molar-refractivity contribution in [2.45, 2.75) is 52.7 Å². The molecule has 2 aromatic heterocycles. The van der Waals surface area contributed by atoms with Crippen LogP contribution >= 0.6 is 0 Å². The van der Waals surface area contributed by atoms with Crippen LogP contribution in [0, 0.1) is 0 Å². The van der Waals surface area contributed by atoms with E-state index in [-0.39, 0.29) is 12.1 Å². The van der Waals surface area contributed by atoms with Gasteiger partial charge < -0.3 is 10.3 Å². The van der Waals surface area contributed by atoms with Crippen molar-refractivity contribution in [1.29, 1.82) is 0 Å². The number of hydrogen-bond acceptors (Lipinski definition) is 4. The number of hydrogen-bond donors (Lipinski definition) is 2. The second-order valence-electron chi connectivity index (χ2n) is 5.06. The van der Waals surface area contributed by atoms with Crippen molar-refractivity contribution in [3.63, 3.8) is 0 Å². The molecule has 0 aliphatic rings. The molecule has 0 bridgehead atoms. The molecule has 2 rings (SSSR count). The van der Waals surface area contributed by atoms with Gasteiger partial charge in [0, 0.05) is 12.6 Å². The molecule has 2 heterocycles. The summed E-state index contributed by atoms with van der Waals surface area (Å²) < 4.78 is 3.31. The Balaban J connectivity index is 2.97. The minimum atomic E-state index is -0.422. The van der Waals surface area contributed by atoms with E-state index in [0.717, 1.165) is 6.42 Å². The molecule has 3 N–H and O–H groups in total. The number of aryl methyl sites for hydroxylation is 1. The summed E-state index contributed by atoms with van der Waals surface area (Å²) >= 11 is 0. The molecule has 0 saturated heterocycles. The van der Waals surface area contributed by atoms with E-state index in [9.17, 15) is 9.59 Å². The summed E-state index contributed by atoms with van der Waals surface area (Å²) in [6.45, 7) is 8.22. The summed E-state index contributed by atoms with van der Waals surface area (Å²) in [5, 5.41) is 0. The quantitative estimate of drug-likeness (QED) is 0.868. The van der Waals surface area contributed by atoms with E-state index >= 15 is 0 Å². The first-order chi connectivity index (χ1) is 9.42. The third-order valence-electron chi connectivity index (χ3n) is 3.62. The van der Waals surface area contributed by atoms with E-state index < -0.39 is 11.2 Å². The fraction of sp³-hybridized carbons (Fsp3) is 0.615. The maximum absolute atomic E-state index is 12.1. The van der Waals surface area contributed by atoms with Gasteiger partial charge in [0.15, 0.2) is 11.2 Å². The van der Waals surface area contributed by atoms with Crippen molar-refractivity contribution in [2.75, 3.05) is 0 Å². The van der Waals surface area contributed by atoms with Crippen molar-refractivity contribution < 1.29 is 0 Å². The van der Waals surface area contributed by atoms with E-state index in [0.29, 0.717) is 23.5 Å². The van der Waals surface area contributed by atoms with Crippen molar-refractivity contribution in [1.82, 2.24) is 19.1 Å². The van der Waals surface area contributed by atoms with Crippen LogP contribution < -0.4 is 17.0 Å². The number of rotatable bonds is 4. The molecule has 0 radical (unpaired) electrons. The SMILES string of the molecule is CCC(C)n1c(=O)[nH]c(=O)c2c1nc(C(C)N)n2CC. The second-order valence-corrected chi connectivity index (χ2v) is 5.06. The van der Waals surface area contributed by atoms with Gasteiger partial charge in [0.25, 0.3) is 5.56 Å². The van der Waals surface area contributed by atoms with Crippen LogP contribution in [0.5, 0.6) is 0 Å². The Bertz CT molecular complexity index is 738. The van der Waals surface area contributed by atoms with Gasteiger partial charge >= 0.3 is 5.69 Å². The monoisotopic (exact) mass is 279 g/mol. The van der Waals surface area contributed by atoms with E-state index in [1.54, 1.807) is 4.57 Å². The molecule has 110 valence electrons. The first kappa shape index (κ1) is 14.5. The van der Waals surface area contributed by atoms with Gasteiger partial charge in [-0.15, -0.1) is 0 Å². The van der Waals surface area contributed by atoms with Crippen LogP contribution in [0.2, 0.25) is 0 Å². The Morgan fingerprint density at radius 1 is 1.30 bits per heavy atom. The second kappa shape index (κ2) is 5.24. The summed E-state index contributed by atoms with van der Waals surface area (Å²) in [4.78, 5) is 31.0. The average molecular weight is 279 g/mol. The van der Waals surface area contributed by atoms with Gasteiger partial charge in [0.1, 0.15) is 5.82 Å². The predicted octanol–water partition coefficient (Wildman–Crippen LogP) is 0.897. The highest BCUT2D eigenvalue weighted by Gasteiger charge is 2.21. The van der Waals surface area contributed by atoms with Crippen molar-refractivity contribution in [3.05, 3.63) is 26.7 Å². The van der Waals surface area contributed by atoms with Crippen molar-refractivity contribution in [3.8, 4) is 0 Å². The number of H-pyrrole nitrogens is 1. The van der Waals surface area contributed by atoms with Crippen molar-refractivity contribution >= 4 is 11.2 Å². The molecule has 0 amide bonds. The summed E-state index contributed by atoms with van der Waals surface area (Å²) in [7, 11) is 0. The molecular weight excluding hydrogens is 258 g/mol. The van der Waals surface area contributed by atoms with Crippen LogP contribution in [0.1, 0.15) is 52.0 Å². The molecule has 2 aromatic rings. The Morgan fingerprint density at radius 3 is 2.45 bits per heavy atom. The number of aromatic nitrogens is 4. The first-order valence-corrected chi connectivity index (χ1v) is 6.92. The van der Waals surface area contributed by atoms with Crippen molar-refractivity contribution in [2.24, 2.45) is 5.73 Å². The molecule has 0 aromatic carbocycles. The minimum Gasteiger partial charge on any atom is -0.322 e. The lowest BCUT2D eigenvalue weighted by molar-refractivity contribution is 0.517. The average Bonchev–Trinajstić information content (AvgIpc) is 2.77. The summed E-state index contributed by atoms with van der Waals surface area (Å²) in [6.07, 6.45) is 0.771. The molecule has 0 aliphatic heterocycles.